The van der Waals surface area contributed by atoms with Crippen molar-refractivity contribution in [2.24, 2.45) is 0 Å². The lowest BCUT2D eigenvalue weighted by atomic mass is 10.0. The third-order valence-electron chi connectivity index (χ3n) is 11.6. The molecule has 1 aromatic carbocycles. The molecule has 0 radical (unpaired) electrons. The molecule has 0 unspecified atom stereocenters. The van der Waals surface area contributed by atoms with Gasteiger partial charge in [0.1, 0.15) is 11.5 Å². The van der Waals surface area contributed by atoms with Crippen molar-refractivity contribution in [2.75, 3.05) is 93.2 Å². The molecular weight excluding hydrogens is 807 g/mol. The second-order valence-corrected chi connectivity index (χ2v) is 15.9. The summed E-state index contributed by atoms with van der Waals surface area (Å²) in [5, 5.41) is 9.45. The zero-order valence-electron chi connectivity index (χ0n) is 36.5. The molecule has 1 saturated heterocycles. The Morgan fingerprint density at radius 1 is 0.825 bits per heavy atom. The molecule has 18 heteroatoms. The molecule has 334 valence electrons. The lowest BCUT2D eigenvalue weighted by Gasteiger charge is -2.35. The van der Waals surface area contributed by atoms with Crippen LogP contribution < -0.4 is 26.4 Å². The number of para-hydroxylation sites is 1. The third-order valence-corrected chi connectivity index (χ3v) is 11.6. The number of carbonyl (C=O) groups is 3. The number of aromatic nitrogens is 6. The molecule has 1 aliphatic heterocycles. The summed E-state index contributed by atoms with van der Waals surface area (Å²) in [6.45, 7) is 13.8. The molecule has 4 N–H and O–H groups in total. The molecule has 18 nitrogen and oxygen atoms in total. The second-order valence-electron chi connectivity index (χ2n) is 15.9. The van der Waals surface area contributed by atoms with Gasteiger partial charge in [0.2, 0.25) is 17.8 Å². The summed E-state index contributed by atoms with van der Waals surface area (Å²) in [5.74, 6) is 0.403. The third kappa shape index (κ3) is 11.5. The van der Waals surface area contributed by atoms with Crippen molar-refractivity contribution in [3.05, 3.63) is 87.2 Å². The van der Waals surface area contributed by atoms with Crippen LogP contribution in [0.3, 0.4) is 0 Å². The summed E-state index contributed by atoms with van der Waals surface area (Å²) in [6, 6.07) is 10.8. The molecule has 2 amide bonds. The maximum Gasteiger partial charge on any atom is 0.263 e. The molecule has 1 aliphatic carbocycles. The molecule has 0 atom stereocenters. The van der Waals surface area contributed by atoms with E-state index in [0.29, 0.717) is 78.6 Å². The smallest absolute Gasteiger partial charge is 0.263 e. The first-order valence-corrected chi connectivity index (χ1v) is 21.7. The number of anilines is 5. The van der Waals surface area contributed by atoms with Gasteiger partial charge in [-0.3, -0.25) is 34.0 Å². The van der Waals surface area contributed by atoms with Gasteiger partial charge in [-0.2, -0.15) is 4.98 Å². The first kappa shape index (κ1) is 45.0. The SMILES string of the molecule is CC(=O)c1c(C)c2cnc(Nc3ccc(N4CCN(CCOCCOCCOCCC(=O)Nc5ccccc5C(=O)Nc5nc(C)c(C)[nH]5)CC4)cn3)nc2n(C2CCCC2)c1=O. The standard InChI is InChI=1S/C45H57N11O7/c1-29-36-28-47-44(52-41(36)56(33-9-5-6-10-33)43(60)40(29)32(4)57)51-38-14-13-34(27-46-38)55-18-16-54(17-19-55)20-22-62-24-26-63-25-23-61-21-15-39(58)50-37-12-8-7-11-35(37)42(59)53-45-48-30(2)31(3)49-45/h7-8,11-14,27-28,33H,5-6,9-10,15-26H2,1-4H3,(H,50,58)(H,46,47,51,52)(H2,48,49,53,59). The van der Waals surface area contributed by atoms with Crippen molar-refractivity contribution >= 4 is 57.7 Å². The molecular formula is C45H57N11O7. The highest BCUT2D eigenvalue weighted by atomic mass is 16.5. The van der Waals surface area contributed by atoms with E-state index in [1.807, 2.05) is 32.2 Å². The number of fused-ring (bicyclic) bond motifs is 1. The molecule has 4 aromatic heterocycles. The number of aryl methyl sites for hydroxylation is 3. The predicted octanol–water partition coefficient (Wildman–Crippen LogP) is 5.35. The van der Waals surface area contributed by atoms with Crippen LogP contribution in [-0.2, 0) is 19.0 Å². The predicted molar refractivity (Wildman–Crippen MR) is 240 cm³/mol. The van der Waals surface area contributed by atoms with Gasteiger partial charge < -0.3 is 34.7 Å². The fourth-order valence-electron chi connectivity index (χ4n) is 7.98. The zero-order valence-corrected chi connectivity index (χ0v) is 36.5. The van der Waals surface area contributed by atoms with Crippen molar-refractivity contribution in [1.82, 2.24) is 34.4 Å². The monoisotopic (exact) mass is 863 g/mol. The minimum atomic E-state index is -0.379. The normalized spacial score (nSPS) is 14.6. The molecule has 63 heavy (non-hydrogen) atoms. The van der Waals surface area contributed by atoms with E-state index in [9.17, 15) is 19.2 Å². The summed E-state index contributed by atoms with van der Waals surface area (Å²) in [7, 11) is 0. The number of carbonyl (C=O) groups excluding carboxylic acids is 3. The van der Waals surface area contributed by atoms with Crippen LogP contribution in [0.2, 0.25) is 0 Å². The van der Waals surface area contributed by atoms with Crippen LogP contribution in [0, 0.1) is 20.8 Å². The Hall–Kier alpha value is -6.08. The first-order valence-electron chi connectivity index (χ1n) is 21.7. The van der Waals surface area contributed by atoms with Crippen LogP contribution in [0.15, 0.2) is 53.6 Å². The number of nitrogens with one attached hydrogen (secondary N) is 4. The van der Waals surface area contributed by atoms with Gasteiger partial charge in [0.25, 0.3) is 11.5 Å². The molecule has 7 rings (SSSR count). The van der Waals surface area contributed by atoms with E-state index in [1.165, 1.54) is 6.92 Å². The van der Waals surface area contributed by atoms with Gasteiger partial charge in [-0.25, -0.2) is 15.0 Å². The number of rotatable bonds is 20. The van der Waals surface area contributed by atoms with E-state index in [4.69, 9.17) is 19.2 Å². The van der Waals surface area contributed by atoms with E-state index in [2.05, 4.69) is 45.7 Å². The van der Waals surface area contributed by atoms with Gasteiger partial charge in [0.15, 0.2) is 5.78 Å². The number of pyridine rings is 2. The Balaban J connectivity index is 0.749. The van der Waals surface area contributed by atoms with E-state index in [-0.39, 0.29) is 47.8 Å². The Morgan fingerprint density at radius 3 is 2.22 bits per heavy atom. The Labute approximate surface area is 366 Å². The minimum Gasteiger partial charge on any atom is -0.379 e. The number of Topliss-reactive ketones (excluding diaryl/α,β-unsaturated/α-hetero) is 1. The summed E-state index contributed by atoms with van der Waals surface area (Å²) < 4.78 is 18.7. The van der Waals surface area contributed by atoms with Crippen molar-refractivity contribution < 1.29 is 28.6 Å². The molecule has 5 heterocycles. The van der Waals surface area contributed by atoms with Gasteiger partial charge in [0, 0.05) is 56.0 Å². The molecule has 0 bridgehead atoms. The largest absolute Gasteiger partial charge is 0.379 e. The van der Waals surface area contributed by atoms with Crippen LogP contribution in [-0.4, -0.2) is 124 Å². The number of hydrogen-bond donors (Lipinski definition) is 4. The summed E-state index contributed by atoms with van der Waals surface area (Å²) in [4.78, 5) is 77.3. The minimum absolute atomic E-state index is 0.00977. The van der Waals surface area contributed by atoms with E-state index < -0.39 is 0 Å². The highest BCUT2D eigenvalue weighted by molar-refractivity contribution is 6.09. The average molecular weight is 864 g/mol. The lowest BCUT2D eigenvalue weighted by Crippen LogP contribution is -2.47. The zero-order chi connectivity index (χ0) is 44.3. The van der Waals surface area contributed by atoms with Crippen LogP contribution in [0.1, 0.15) is 82.7 Å². The van der Waals surface area contributed by atoms with Gasteiger partial charge in [0.05, 0.1) is 80.5 Å². The maximum absolute atomic E-state index is 13.5. The van der Waals surface area contributed by atoms with E-state index in [0.717, 1.165) is 75.5 Å². The number of hydrogen-bond acceptors (Lipinski definition) is 14. The number of nitrogens with zero attached hydrogens (tertiary/aromatic N) is 7. The fourth-order valence-corrected chi connectivity index (χ4v) is 7.98. The Bertz CT molecular complexity index is 2420. The average Bonchev–Trinajstić information content (AvgIpc) is 3.92. The Morgan fingerprint density at radius 2 is 1.54 bits per heavy atom. The summed E-state index contributed by atoms with van der Waals surface area (Å²) >= 11 is 0. The van der Waals surface area contributed by atoms with Crippen LogP contribution in [0.25, 0.3) is 11.0 Å². The molecule has 2 aliphatic rings. The number of benzene rings is 1. The number of ketones is 1. The van der Waals surface area contributed by atoms with Crippen molar-refractivity contribution in [3.8, 4) is 0 Å². The second kappa shape index (κ2) is 21.3. The highest BCUT2D eigenvalue weighted by Crippen LogP contribution is 2.32. The van der Waals surface area contributed by atoms with Crippen molar-refractivity contribution in [1.29, 1.82) is 0 Å². The van der Waals surface area contributed by atoms with Crippen LogP contribution in [0.5, 0.6) is 0 Å². The quantitative estimate of drug-likeness (QED) is 0.0575. The summed E-state index contributed by atoms with van der Waals surface area (Å²) in [6.07, 6.45) is 7.51. The molecule has 0 spiro atoms. The number of piperazine rings is 1. The Kier molecular flexibility index (Phi) is 15.2. The van der Waals surface area contributed by atoms with Crippen LogP contribution >= 0.6 is 0 Å². The van der Waals surface area contributed by atoms with E-state index >= 15 is 0 Å². The van der Waals surface area contributed by atoms with Crippen molar-refractivity contribution in [2.45, 2.75) is 65.8 Å². The van der Waals surface area contributed by atoms with Gasteiger partial charge >= 0.3 is 0 Å². The topological polar surface area (TPSA) is 211 Å². The summed E-state index contributed by atoms with van der Waals surface area (Å²) in [5.41, 5.74) is 4.53. The number of H-pyrrole nitrogens is 1. The maximum atomic E-state index is 13.5. The highest BCUT2D eigenvalue weighted by Gasteiger charge is 2.26. The fraction of sp³-hybridized carbons (Fsp3) is 0.467. The molecule has 5 aromatic rings. The number of aromatic amines is 1. The van der Waals surface area contributed by atoms with Gasteiger partial charge in [-0.1, -0.05) is 25.0 Å². The first-order chi connectivity index (χ1) is 30.5. The number of amides is 2. The molecule has 1 saturated carbocycles. The van der Waals surface area contributed by atoms with Crippen molar-refractivity contribution in [3.63, 3.8) is 0 Å². The van der Waals surface area contributed by atoms with E-state index in [1.54, 1.807) is 42.0 Å². The van der Waals surface area contributed by atoms with Gasteiger partial charge in [-0.15, -0.1) is 0 Å². The van der Waals surface area contributed by atoms with Gasteiger partial charge in [-0.05, 0) is 70.4 Å². The number of ether oxygens (including phenoxy) is 3. The lowest BCUT2D eigenvalue weighted by molar-refractivity contribution is -0.117. The molecule has 2 fully saturated rings. The number of imidazole rings is 1. The van der Waals surface area contributed by atoms with Crippen LogP contribution in [0.4, 0.5) is 29.1 Å².